The Morgan fingerprint density at radius 3 is 2.00 bits per heavy atom. The summed E-state index contributed by atoms with van der Waals surface area (Å²) in [4.78, 5) is 29.6. The van der Waals surface area contributed by atoms with Gasteiger partial charge in [-0.2, -0.15) is 0 Å². The van der Waals surface area contributed by atoms with E-state index in [1.807, 2.05) is 24.3 Å². The van der Waals surface area contributed by atoms with Crippen LogP contribution in [0.5, 0.6) is 0 Å². The van der Waals surface area contributed by atoms with E-state index in [-0.39, 0.29) is 12.5 Å². The maximum atomic E-state index is 12.4. The fraction of sp³-hybridized carbons (Fsp3) is 0.500. The predicted molar refractivity (Wildman–Crippen MR) is 109 cm³/mol. The van der Waals surface area contributed by atoms with Crippen molar-refractivity contribution in [3.05, 3.63) is 33.4 Å². The lowest BCUT2D eigenvalue weighted by Crippen LogP contribution is -2.50. The Morgan fingerprint density at radius 2 is 1.58 bits per heavy atom. The summed E-state index contributed by atoms with van der Waals surface area (Å²) in [7, 11) is 0. The molecule has 8 heteroatoms. The van der Waals surface area contributed by atoms with Gasteiger partial charge in [-0.3, -0.25) is 0 Å². The van der Waals surface area contributed by atoms with Gasteiger partial charge in [0.05, 0.1) is 6.54 Å². The number of hydrogen-bond donors (Lipinski definition) is 1. The molecule has 1 aromatic rings. The number of rotatable bonds is 2. The van der Waals surface area contributed by atoms with E-state index in [0.717, 1.165) is 9.13 Å². The highest BCUT2D eigenvalue weighted by atomic mass is 127. The number of amides is 2. The maximum absolute atomic E-state index is 12.4. The molecule has 0 bridgehead atoms. The molecule has 0 aromatic heterocycles. The maximum Gasteiger partial charge on any atom is 0.427 e. The molecule has 1 aromatic carbocycles. The zero-order valence-electron chi connectivity index (χ0n) is 16.0. The molecule has 0 aliphatic carbocycles. The van der Waals surface area contributed by atoms with Gasteiger partial charge in [-0.15, -0.1) is 4.90 Å². The fourth-order valence-corrected chi connectivity index (χ4v) is 2.36. The summed E-state index contributed by atoms with van der Waals surface area (Å²) in [6, 6.07) is 7.65. The minimum atomic E-state index is -0.935. The van der Waals surface area contributed by atoms with Gasteiger partial charge in [0.25, 0.3) is 0 Å². The van der Waals surface area contributed by atoms with E-state index in [4.69, 9.17) is 15.2 Å². The first kappa shape index (κ1) is 22.2. The topological polar surface area (TPSA) is 94.2 Å². The molecule has 7 nitrogen and oxygen atoms in total. The Bertz CT molecular complexity index is 662. The number of carbonyl (C=O) groups is 2. The van der Waals surface area contributed by atoms with Crippen molar-refractivity contribution in [3.8, 4) is 0 Å². The Morgan fingerprint density at radius 1 is 1.08 bits per heavy atom. The molecule has 1 rings (SSSR count). The molecule has 0 aliphatic rings. The molecular formula is C18H26IN3O4. The third kappa shape index (κ3) is 8.03. The number of halogens is 1. The number of aliphatic imine (C=N–C) groups is 1. The molecule has 0 saturated heterocycles. The van der Waals surface area contributed by atoms with Gasteiger partial charge in [-0.1, -0.05) is 12.1 Å². The van der Waals surface area contributed by atoms with Gasteiger partial charge < -0.3 is 15.2 Å². The molecule has 0 heterocycles. The van der Waals surface area contributed by atoms with Crippen LogP contribution in [-0.4, -0.2) is 34.2 Å². The monoisotopic (exact) mass is 475 g/mol. The van der Waals surface area contributed by atoms with Crippen molar-refractivity contribution in [2.75, 3.05) is 0 Å². The number of hydrogen-bond acceptors (Lipinski definition) is 5. The van der Waals surface area contributed by atoms with Crippen molar-refractivity contribution in [1.82, 2.24) is 4.90 Å². The van der Waals surface area contributed by atoms with Crippen molar-refractivity contribution in [2.45, 2.75) is 59.3 Å². The van der Waals surface area contributed by atoms with Crippen molar-refractivity contribution < 1.29 is 19.1 Å². The van der Waals surface area contributed by atoms with E-state index in [9.17, 15) is 9.59 Å². The molecule has 2 N–H and O–H groups in total. The molecule has 0 atom stereocenters. The van der Waals surface area contributed by atoms with Crippen LogP contribution >= 0.6 is 22.6 Å². The number of ether oxygens (including phenoxy) is 2. The number of guanidine groups is 1. The molecule has 0 fully saturated rings. The van der Waals surface area contributed by atoms with Crippen LogP contribution in [-0.2, 0) is 16.0 Å². The van der Waals surface area contributed by atoms with Gasteiger partial charge in [0, 0.05) is 3.57 Å². The zero-order valence-corrected chi connectivity index (χ0v) is 18.2. The zero-order chi connectivity index (χ0) is 20.1. The summed E-state index contributed by atoms with van der Waals surface area (Å²) >= 11 is 2.19. The lowest BCUT2D eigenvalue weighted by Gasteiger charge is -2.27. The molecule has 0 unspecified atom stereocenters. The quantitative estimate of drug-likeness (QED) is 0.392. The Balaban J connectivity index is 3.06. The predicted octanol–water partition coefficient (Wildman–Crippen LogP) is 4.28. The van der Waals surface area contributed by atoms with Gasteiger partial charge >= 0.3 is 12.2 Å². The van der Waals surface area contributed by atoms with Gasteiger partial charge in [0.2, 0.25) is 5.96 Å². The van der Waals surface area contributed by atoms with Gasteiger partial charge in [0.15, 0.2) is 0 Å². The third-order valence-electron chi connectivity index (χ3n) is 2.69. The lowest BCUT2D eigenvalue weighted by molar-refractivity contribution is 0.0145. The molecule has 2 amide bonds. The highest BCUT2D eigenvalue weighted by Gasteiger charge is 2.33. The second-order valence-electron chi connectivity index (χ2n) is 7.60. The van der Waals surface area contributed by atoms with Crippen LogP contribution < -0.4 is 5.73 Å². The normalized spacial score (nSPS) is 12.5. The molecule has 144 valence electrons. The summed E-state index contributed by atoms with van der Waals surface area (Å²) in [5.74, 6) is -0.285. The van der Waals surface area contributed by atoms with Gasteiger partial charge in [-0.05, 0) is 81.8 Å². The third-order valence-corrected chi connectivity index (χ3v) is 3.36. The van der Waals surface area contributed by atoms with Gasteiger partial charge in [0.1, 0.15) is 11.2 Å². The molecule has 0 saturated carbocycles. The number of nitrogens with zero attached hydrogens (tertiary/aromatic N) is 2. The molecule has 0 aliphatic heterocycles. The standard InChI is InChI=1S/C18H26IN3O4/c1-17(2,3)25-15(23)22(16(24)26-18(4,5)6)14(20)21-11-12-8-7-9-13(19)10-12/h7-10H,11H2,1-6H3,(H2,20,21). The Kier molecular flexibility index (Phi) is 7.43. The van der Waals surface area contributed by atoms with Crippen molar-refractivity contribution in [3.63, 3.8) is 0 Å². The Hall–Kier alpha value is -1.84. The molecule has 26 heavy (non-hydrogen) atoms. The Labute approximate surface area is 168 Å². The number of imide groups is 1. The van der Waals surface area contributed by atoms with E-state index >= 15 is 0 Å². The number of benzene rings is 1. The second-order valence-corrected chi connectivity index (χ2v) is 8.85. The van der Waals surface area contributed by atoms with Crippen molar-refractivity contribution >= 4 is 40.7 Å². The minimum Gasteiger partial charge on any atom is -0.443 e. The minimum absolute atomic E-state index is 0.213. The van der Waals surface area contributed by atoms with E-state index in [0.29, 0.717) is 4.90 Å². The summed E-state index contributed by atoms with van der Waals surface area (Å²) in [5, 5.41) is 0. The average Bonchev–Trinajstić information content (AvgIpc) is 2.41. The van der Waals surface area contributed by atoms with Crippen LogP contribution in [0, 0.1) is 3.57 Å². The first-order valence-electron chi connectivity index (χ1n) is 8.09. The van der Waals surface area contributed by atoms with Crippen LogP contribution in [0.25, 0.3) is 0 Å². The molecular weight excluding hydrogens is 449 g/mol. The SMILES string of the molecule is CC(C)(C)OC(=O)N(C(=O)OC(C)(C)C)/C(N)=N/Cc1cccc(I)c1. The van der Waals surface area contributed by atoms with Gasteiger partial charge in [-0.25, -0.2) is 14.6 Å². The average molecular weight is 475 g/mol. The van der Waals surface area contributed by atoms with Crippen LogP contribution in [0.1, 0.15) is 47.1 Å². The van der Waals surface area contributed by atoms with Crippen LogP contribution in [0.2, 0.25) is 0 Å². The van der Waals surface area contributed by atoms with Crippen LogP contribution in [0.3, 0.4) is 0 Å². The smallest absolute Gasteiger partial charge is 0.427 e. The van der Waals surface area contributed by atoms with Crippen LogP contribution in [0.15, 0.2) is 29.3 Å². The first-order chi connectivity index (χ1) is 11.8. The lowest BCUT2D eigenvalue weighted by atomic mass is 10.2. The summed E-state index contributed by atoms with van der Waals surface area (Å²) in [5.41, 5.74) is 5.22. The van der Waals surface area contributed by atoms with Crippen molar-refractivity contribution in [2.24, 2.45) is 10.7 Å². The number of nitrogens with two attached hydrogens (primary N) is 1. The molecule has 0 radical (unpaired) electrons. The fourth-order valence-electron chi connectivity index (χ4n) is 1.76. The first-order valence-corrected chi connectivity index (χ1v) is 9.17. The summed E-state index contributed by atoms with van der Waals surface area (Å²) in [6.45, 7) is 10.4. The van der Waals surface area contributed by atoms with Crippen molar-refractivity contribution in [1.29, 1.82) is 0 Å². The van der Waals surface area contributed by atoms with E-state index in [1.54, 1.807) is 41.5 Å². The highest BCUT2D eigenvalue weighted by molar-refractivity contribution is 14.1. The van der Waals surface area contributed by atoms with E-state index in [1.165, 1.54) is 0 Å². The van der Waals surface area contributed by atoms with E-state index in [2.05, 4.69) is 27.6 Å². The largest absolute Gasteiger partial charge is 0.443 e. The summed E-state index contributed by atoms with van der Waals surface area (Å²) in [6.07, 6.45) is -1.87. The summed E-state index contributed by atoms with van der Waals surface area (Å²) < 4.78 is 11.6. The van der Waals surface area contributed by atoms with Crippen LogP contribution in [0.4, 0.5) is 9.59 Å². The molecule has 0 spiro atoms. The highest BCUT2D eigenvalue weighted by Crippen LogP contribution is 2.15. The second kappa shape index (κ2) is 8.70. The van der Waals surface area contributed by atoms with E-state index < -0.39 is 23.4 Å². The number of carbonyl (C=O) groups excluding carboxylic acids is 2.